The Morgan fingerprint density at radius 1 is 1.63 bits per heavy atom. The standard InChI is InChI=1S/C13H18N4OS/c1-17-4-2-9(8-17)6-14-7-11-15-10-3-5-19-12(10)13(18)16-11/h3,5,9,14H,2,4,6-8H2,1H3,(H,15,16,18). The zero-order chi connectivity index (χ0) is 13.2. The number of nitrogens with one attached hydrogen (secondary N) is 2. The molecule has 1 atom stereocenters. The van der Waals surface area contributed by atoms with E-state index in [0.29, 0.717) is 17.2 Å². The number of likely N-dealkylation sites (tertiary alicyclic amines) is 1. The number of nitrogens with zero attached hydrogens (tertiary/aromatic N) is 2. The molecule has 0 amide bonds. The molecule has 1 fully saturated rings. The number of fused-ring (bicyclic) bond motifs is 1. The van der Waals surface area contributed by atoms with Gasteiger partial charge in [0.1, 0.15) is 10.5 Å². The molecule has 0 bridgehead atoms. The zero-order valence-electron chi connectivity index (χ0n) is 11.0. The summed E-state index contributed by atoms with van der Waals surface area (Å²) in [6.07, 6.45) is 1.25. The fourth-order valence-electron chi connectivity index (χ4n) is 2.59. The van der Waals surface area contributed by atoms with Crippen molar-refractivity contribution in [1.29, 1.82) is 0 Å². The minimum absolute atomic E-state index is 0.0302. The Hall–Kier alpha value is -1.24. The van der Waals surface area contributed by atoms with E-state index in [1.807, 2.05) is 11.4 Å². The predicted molar refractivity (Wildman–Crippen MR) is 77.6 cm³/mol. The van der Waals surface area contributed by atoms with E-state index in [2.05, 4.69) is 27.2 Å². The van der Waals surface area contributed by atoms with E-state index in [0.717, 1.165) is 24.4 Å². The molecule has 5 nitrogen and oxygen atoms in total. The summed E-state index contributed by atoms with van der Waals surface area (Å²) in [6, 6.07) is 1.89. The highest BCUT2D eigenvalue weighted by Crippen LogP contribution is 2.14. The summed E-state index contributed by atoms with van der Waals surface area (Å²) in [4.78, 5) is 21.5. The van der Waals surface area contributed by atoms with Crippen LogP contribution < -0.4 is 10.9 Å². The van der Waals surface area contributed by atoms with E-state index in [9.17, 15) is 4.79 Å². The second kappa shape index (κ2) is 5.40. The number of H-pyrrole nitrogens is 1. The van der Waals surface area contributed by atoms with Crippen molar-refractivity contribution in [2.45, 2.75) is 13.0 Å². The van der Waals surface area contributed by atoms with Gasteiger partial charge in [-0.1, -0.05) is 0 Å². The van der Waals surface area contributed by atoms with Crippen molar-refractivity contribution in [2.24, 2.45) is 5.92 Å². The summed E-state index contributed by atoms with van der Waals surface area (Å²) in [6.45, 7) is 3.94. The van der Waals surface area contributed by atoms with Gasteiger partial charge in [0.2, 0.25) is 0 Å². The van der Waals surface area contributed by atoms with Crippen LogP contribution in [0.2, 0.25) is 0 Å². The second-order valence-electron chi connectivity index (χ2n) is 5.20. The number of aromatic amines is 1. The van der Waals surface area contributed by atoms with Gasteiger partial charge in [-0.25, -0.2) is 4.98 Å². The average molecular weight is 278 g/mol. The number of thiophene rings is 1. The molecule has 1 saturated heterocycles. The highest BCUT2D eigenvalue weighted by atomic mass is 32.1. The Bertz CT molecular complexity index is 620. The van der Waals surface area contributed by atoms with Gasteiger partial charge in [0, 0.05) is 6.54 Å². The lowest BCUT2D eigenvalue weighted by molar-refractivity contribution is 0.387. The normalized spacial score (nSPS) is 20.4. The van der Waals surface area contributed by atoms with E-state index >= 15 is 0 Å². The maximum absolute atomic E-state index is 11.8. The van der Waals surface area contributed by atoms with Gasteiger partial charge in [0.25, 0.3) is 5.56 Å². The lowest BCUT2D eigenvalue weighted by Gasteiger charge is -2.11. The van der Waals surface area contributed by atoms with Gasteiger partial charge in [-0.05, 0) is 43.9 Å². The van der Waals surface area contributed by atoms with Crippen LogP contribution in [0.1, 0.15) is 12.2 Å². The number of hydrogen-bond donors (Lipinski definition) is 2. The minimum Gasteiger partial charge on any atom is -0.310 e. The van der Waals surface area contributed by atoms with E-state index in [1.165, 1.54) is 24.3 Å². The summed E-state index contributed by atoms with van der Waals surface area (Å²) in [5.41, 5.74) is 0.767. The molecule has 0 aliphatic carbocycles. The van der Waals surface area contributed by atoms with Crippen LogP contribution >= 0.6 is 11.3 Å². The van der Waals surface area contributed by atoms with Crippen molar-refractivity contribution in [2.75, 3.05) is 26.7 Å². The Balaban J connectivity index is 1.60. The molecular formula is C13H18N4OS. The highest BCUT2D eigenvalue weighted by molar-refractivity contribution is 7.17. The molecule has 0 radical (unpaired) electrons. The van der Waals surface area contributed by atoms with Gasteiger partial charge in [0.05, 0.1) is 12.1 Å². The Labute approximate surface area is 115 Å². The topological polar surface area (TPSA) is 61.0 Å². The van der Waals surface area contributed by atoms with Gasteiger partial charge >= 0.3 is 0 Å². The summed E-state index contributed by atoms with van der Waals surface area (Å²) < 4.78 is 0.709. The van der Waals surface area contributed by atoms with Crippen LogP contribution in [-0.2, 0) is 6.54 Å². The van der Waals surface area contributed by atoms with Crippen molar-refractivity contribution < 1.29 is 0 Å². The molecule has 2 aromatic rings. The van der Waals surface area contributed by atoms with Crippen LogP contribution in [0.25, 0.3) is 10.2 Å². The lowest BCUT2D eigenvalue weighted by Crippen LogP contribution is -2.26. The third kappa shape index (κ3) is 2.86. The van der Waals surface area contributed by atoms with Crippen molar-refractivity contribution in [3.63, 3.8) is 0 Å². The Kier molecular flexibility index (Phi) is 3.63. The molecule has 0 spiro atoms. The van der Waals surface area contributed by atoms with E-state index in [-0.39, 0.29) is 5.56 Å². The van der Waals surface area contributed by atoms with Gasteiger partial charge < -0.3 is 15.2 Å². The molecule has 2 aromatic heterocycles. The first-order valence-electron chi connectivity index (χ1n) is 6.58. The smallest absolute Gasteiger partial charge is 0.268 e. The fourth-order valence-corrected chi connectivity index (χ4v) is 3.32. The van der Waals surface area contributed by atoms with Gasteiger partial charge in [-0.2, -0.15) is 0 Å². The molecule has 3 heterocycles. The first kappa shape index (κ1) is 12.8. The molecule has 0 saturated carbocycles. The third-order valence-corrected chi connectivity index (χ3v) is 4.48. The monoisotopic (exact) mass is 278 g/mol. The van der Waals surface area contributed by atoms with E-state index in [1.54, 1.807) is 0 Å². The number of hydrogen-bond acceptors (Lipinski definition) is 5. The first-order valence-corrected chi connectivity index (χ1v) is 7.46. The quantitative estimate of drug-likeness (QED) is 0.877. The van der Waals surface area contributed by atoms with Crippen LogP contribution in [0.4, 0.5) is 0 Å². The molecule has 102 valence electrons. The minimum atomic E-state index is -0.0302. The van der Waals surface area contributed by atoms with E-state index < -0.39 is 0 Å². The van der Waals surface area contributed by atoms with Crippen LogP contribution in [0, 0.1) is 5.92 Å². The maximum atomic E-state index is 11.8. The second-order valence-corrected chi connectivity index (χ2v) is 6.11. The maximum Gasteiger partial charge on any atom is 0.268 e. The highest BCUT2D eigenvalue weighted by Gasteiger charge is 2.18. The van der Waals surface area contributed by atoms with Crippen molar-refractivity contribution >= 4 is 21.6 Å². The Morgan fingerprint density at radius 2 is 2.53 bits per heavy atom. The van der Waals surface area contributed by atoms with E-state index in [4.69, 9.17) is 0 Å². The molecule has 3 rings (SSSR count). The molecule has 2 N–H and O–H groups in total. The molecular weight excluding hydrogens is 260 g/mol. The Morgan fingerprint density at radius 3 is 3.32 bits per heavy atom. The van der Waals surface area contributed by atoms with Gasteiger partial charge in [-0.3, -0.25) is 4.79 Å². The lowest BCUT2D eigenvalue weighted by atomic mass is 10.1. The molecule has 19 heavy (non-hydrogen) atoms. The molecule has 6 heteroatoms. The van der Waals surface area contributed by atoms with Crippen LogP contribution in [0.5, 0.6) is 0 Å². The predicted octanol–water partition coefficient (Wildman–Crippen LogP) is 1.03. The van der Waals surface area contributed by atoms with Crippen LogP contribution in [-0.4, -0.2) is 41.5 Å². The molecule has 0 aromatic carbocycles. The third-order valence-electron chi connectivity index (χ3n) is 3.58. The molecule has 1 aliphatic rings. The average Bonchev–Trinajstić information content (AvgIpc) is 2.98. The number of rotatable bonds is 4. The van der Waals surface area contributed by atoms with Gasteiger partial charge in [0.15, 0.2) is 0 Å². The number of aromatic nitrogens is 2. The van der Waals surface area contributed by atoms with Crippen LogP contribution in [0.15, 0.2) is 16.2 Å². The molecule has 1 unspecified atom stereocenters. The summed E-state index contributed by atoms with van der Waals surface area (Å²) in [5.74, 6) is 1.43. The molecule has 1 aliphatic heterocycles. The zero-order valence-corrected chi connectivity index (χ0v) is 11.8. The van der Waals surface area contributed by atoms with Crippen molar-refractivity contribution in [3.05, 3.63) is 27.6 Å². The largest absolute Gasteiger partial charge is 0.310 e. The van der Waals surface area contributed by atoms with Crippen LogP contribution in [0.3, 0.4) is 0 Å². The first-order chi connectivity index (χ1) is 9.22. The summed E-state index contributed by atoms with van der Waals surface area (Å²) in [5, 5.41) is 5.29. The van der Waals surface area contributed by atoms with Crippen molar-refractivity contribution in [1.82, 2.24) is 20.2 Å². The summed E-state index contributed by atoms with van der Waals surface area (Å²) >= 11 is 1.43. The fraction of sp³-hybridized carbons (Fsp3) is 0.538. The SMILES string of the molecule is CN1CCC(CNCc2nc3ccsc3c(=O)[nH]2)C1. The van der Waals surface area contributed by atoms with Gasteiger partial charge in [-0.15, -0.1) is 11.3 Å². The summed E-state index contributed by atoms with van der Waals surface area (Å²) in [7, 11) is 2.16. The van der Waals surface area contributed by atoms with Crippen molar-refractivity contribution in [3.8, 4) is 0 Å².